The molecular formula is C21H21BrClN3O5S. The monoisotopic (exact) mass is 541 g/mol. The molecule has 2 N–H and O–H groups in total. The Morgan fingerprint density at radius 3 is 2.69 bits per heavy atom. The summed E-state index contributed by atoms with van der Waals surface area (Å²) < 4.78 is 11.5. The van der Waals surface area contributed by atoms with E-state index < -0.39 is 11.6 Å². The molecule has 2 fully saturated rings. The van der Waals surface area contributed by atoms with Gasteiger partial charge in [0.1, 0.15) is 5.54 Å². The van der Waals surface area contributed by atoms with Gasteiger partial charge in [-0.2, -0.15) is 0 Å². The molecule has 0 bridgehead atoms. The van der Waals surface area contributed by atoms with Gasteiger partial charge in [0.25, 0.3) is 0 Å². The molecule has 8 nitrogen and oxygen atoms in total. The molecule has 32 heavy (non-hydrogen) atoms. The van der Waals surface area contributed by atoms with Crippen LogP contribution >= 0.6 is 38.9 Å². The Bertz CT molecular complexity index is 1040. The summed E-state index contributed by atoms with van der Waals surface area (Å²) in [4.78, 5) is 39.2. The molecular weight excluding hydrogens is 522 g/mol. The van der Waals surface area contributed by atoms with Crippen LogP contribution in [0.4, 0.5) is 16.2 Å². The van der Waals surface area contributed by atoms with Crippen LogP contribution in [0.5, 0.6) is 5.06 Å². The number of halogens is 2. The summed E-state index contributed by atoms with van der Waals surface area (Å²) in [6.45, 7) is 1.25. The number of nitrogens with zero attached hydrogens (tertiary/aromatic N) is 1. The lowest BCUT2D eigenvalue weighted by Gasteiger charge is -2.40. The molecule has 3 amide bonds. The lowest BCUT2D eigenvalue weighted by Crippen LogP contribution is -2.61. The second-order valence-electron chi connectivity index (χ2n) is 7.54. The number of anilines is 2. The van der Waals surface area contributed by atoms with E-state index in [2.05, 4.69) is 26.6 Å². The smallest absolute Gasteiger partial charge is 0.399 e. The maximum absolute atomic E-state index is 13.0. The van der Waals surface area contributed by atoms with Crippen LogP contribution in [0.3, 0.4) is 0 Å². The van der Waals surface area contributed by atoms with Crippen LogP contribution < -0.4 is 20.3 Å². The number of hydrogen-bond acceptors (Lipinski definition) is 6. The Morgan fingerprint density at radius 2 is 2.03 bits per heavy atom. The van der Waals surface area contributed by atoms with Crippen molar-refractivity contribution in [3.8, 4) is 5.06 Å². The van der Waals surface area contributed by atoms with Crippen LogP contribution in [0.2, 0.25) is 5.02 Å². The Balaban J connectivity index is 1.42. The zero-order valence-electron chi connectivity index (χ0n) is 17.0. The Kier molecular flexibility index (Phi) is 7.04. The van der Waals surface area contributed by atoms with E-state index in [9.17, 15) is 14.4 Å². The zero-order chi connectivity index (χ0) is 22.7. The molecule has 170 valence electrons. The minimum absolute atomic E-state index is 0.0601. The molecule has 0 radical (unpaired) electrons. The second-order valence-corrected chi connectivity index (χ2v) is 10.4. The fraction of sp³-hybridized carbons (Fsp3) is 0.381. The first kappa shape index (κ1) is 23.0. The number of carbonyl (C=O) groups excluding carboxylic acids is 3. The summed E-state index contributed by atoms with van der Waals surface area (Å²) in [5, 5.41) is 6.32. The van der Waals surface area contributed by atoms with Crippen molar-refractivity contribution < 1.29 is 23.9 Å². The summed E-state index contributed by atoms with van der Waals surface area (Å²) in [6.07, 6.45) is 1.45. The fourth-order valence-corrected chi connectivity index (χ4v) is 5.07. The molecule has 2 aromatic rings. The molecule has 0 unspecified atom stereocenters. The summed E-state index contributed by atoms with van der Waals surface area (Å²) >= 11 is 11.0. The van der Waals surface area contributed by atoms with Crippen LogP contribution in [-0.4, -0.2) is 43.2 Å². The molecule has 1 aromatic heterocycles. The van der Waals surface area contributed by atoms with E-state index in [0.717, 1.165) is 10.2 Å². The van der Waals surface area contributed by atoms with Crippen LogP contribution in [0.25, 0.3) is 0 Å². The summed E-state index contributed by atoms with van der Waals surface area (Å²) in [6, 6.07) is 8.43. The lowest BCUT2D eigenvalue weighted by molar-refractivity contribution is -0.125. The third-order valence-electron chi connectivity index (χ3n) is 5.44. The van der Waals surface area contributed by atoms with E-state index in [-0.39, 0.29) is 11.8 Å². The molecule has 1 saturated carbocycles. The first-order valence-corrected chi connectivity index (χ1v) is 12.1. The quantitative estimate of drug-likeness (QED) is 0.577. The molecule has 1 aromatic carbocycles. The van der Waals surface area contributed by atoms with Crippen molar-refractivity contribution in [3.05, 3.63) is 39.1 Å². The molecule has 4 rings (SSSR count). The van der Waals surface area contributed by atoms with Crippen molar-refractivity contribution in [2.24, 2.45) is 0 Å². The van der Waals surface area contributed by atoms with Crippen molar-refractivity contribution in [2.75, 3.05) is 30.0 Å². The highest BCUT2D eigenvalue weighted by molar-refractivity contribution is 9.11. The molecule has 1 saturated heterocycles. The summed E-state index contributed by atoms with van der Waals surface area (Å²) in [5.74, 6) is -0.397. The number of amides is 3. The largest absolute Gasteiger partial charge is 0.414 e. The lowest BCUT2D eigenvalue weighted by atomic mass is 9.76. The second kappa shape index (κ2) is 9.78. The highest BCUT2D eigenvalue weighted by Gasteiger charge is 2.46. The molecule has 0 spiro atoms. The Labute approximate surface area is 202 Å². The van der Waals surface area contributed by atoms with E-state index in [4.69, 9.17) is 21.1 Å². The van der Waals surface area contributed by atoms with Gasteiger partial charge in [0, 0.05) is 12.2 Å². The van der Waals surface area contributed by atoms with Crippen LogP contribution in [0.1, 0.15) is 25.7 Å². The maximum atomic E-state index is 13.0. The highest BCUT2D eigenvalue weighted by atomic mass is 79.9. The van der Waals surface area contributed by atoms with Crippen molar-refractivity contribution in [1.29, 1.82) is 0 Å². The number of benzene rings is 1. The van der Waals surface area contributed by atoms with Gasteiger partial charge in [0.2, 0.25) is 11.8 Å². The molecule has 0 atom stereocenters. The first-order chi connectivity index (χ1) is 15.4. The molecule has 1 aliphatic carbocycles. The van der Waals surface area contributed by atoms with Gasteiger partial charge >= 0.3 is 6.09 Å². The zero-order valence-corrected chi connectivity index (χ0v) is 20.1. The molecule has 2 heterocycles. The van der Waals surface area contributed by atoms with Gasteiger partial charge in [0.15, 0.2) is 5.06 Å². The predicted octanol–water partition coefficient (Wildman–Crippen LogP) is 4.57. The van der Waals surface area contributed by atoms with Gasteiger partial charge in [-0.25, -0.2) is 4.79 Å². The SMILES string of the molecule is O=C(NC1(C(=O)Nc2ccc(N3CCOCCC3=O)c(Cl)c2)CCC1)Oc1ccc(Br)s1. The number of hydrogen-bond donors (Lipinski definition) is 2. The highest BCUT2D eigenvalue weighted by Crippen LogP contribution is 2.35. The average molecular weight is 543 g/mol. The number of carbonyl (C=O) groups is 3. The van der Waals surface area contributed by atoms with E-state index in [1.165, 1.54) is 11.3 Å². The van der Waals surface area contributed by atoms with Gasteiger partial charge in [-0.3, -0.25) is 9.59 Å². The summed E-state index contributed by atoms with van der Waals surface area (Å²) in [7, 11) is 0. The van der Waals surface area contributed by atoms with E-state index >= 15 is 0 Å². The fourth-order valence-electron chi connectivity index (χ4n) is 3.59. The first-order valence-electron chi connectivity index (χ1n) is 10.1. The number of ether oxygens (including phenoxy) is 2. The van der Waals surface area contributed by atoms with E-state index in [1.54, 1.807) is 35.2 Å². The topological polar surface area (TPSA) is 97.0 Å². The van der Waals surface area contributed by atoms with Gasteiger partial charge in [-0.05, 0) is 65.5 Å². The van der Waals surface area contributed by atoms with Gasteiger partial charge in [-0.1, -0.05) is 22.9 Å². The minimum Gasteiger partial charge on any atom is -0.399 e. The van der Waals surface area contributed by atoms with Crippen molar-refractivity contribution >= 4 is 68.2 Å². The standard InChI is InChI=1S/C21H21BrClN3O5S/c22-16-4-5-18(32-16)31-20(29)25-21(7-1-8-21)19(28)24-13-2-3-15(14(23)12-13)26-9-11-30-10-6-17(26)27/h2-5,12H,1,6-11H2,(H,24,28)(H,25,29). The normalized spacial score (nSPS) is 17.8. The molecule has 1 aliphatic heterocycles. The van der Waals surface area contributed by atoms with E-state index in [0.29, 0.717) is 60.5 Å². The van der Waals surface area contributed by atoms with Crippen LogP contribution in [0.15, 0.2) is 34.1 Å². The van der Waals surface area contributed by atoms with Crippen LogP contribution in [-0.2, 0) is 14.3 Å². The van der Waals surface area contributed by atoms with Gasteiger partial charge in [-0.15, -0.1) is 0 Å². The predicted molar refractivity (Wildman–Crippen MR) is 126 cm³/mol. The number of nitrogens with one attached hydrogen (secondary N) is 2. The van der Waals surface area contributed by atoms with Crippen molar-refractivity contribution in [3.63, 3.8) is 0 Å². The number of rotatable bonds is 5. The minimum atomic E-state index is -1.03. The van der Waals surface area contributed by atoms with Crippen LogP contribution in [0, 0.1) is 0 Å². The van der Waals surface area contributed by atoms with Gasteiger partial charge in [0.05, 0.1) is 34.1 Å². The number of thiophene rings is 1. The Hall–Kier alpha value is -2.14. The summed E-state index contributed by atoms with van der Waals surface area (Å²) in [5.41, 5.74) is 0.0164. The Morgan fingerprint density at radius 1 is 1.22 bits per heavy atom. The molecule has 2 aliphatic rings. The van der Waals surface area contributed by atoms with Crippen molar-refractivity contribution in [1.82, 2.24) is 5.32 Å². The average Bonchev–Trinajstić information content (AvgIpc) is 3.00. The van der Waals surface area contributed by atoms with Gasteiger partial charge < -0.3 is 25.0 Å². The third kappa shape index (κ3) is 5.09. The maximum Gasteiger partial charge on any atom is 0.414 e. The van der Waals surface area contributed by atoms with E-state index in [1.807, 2.05) is 0 Å². The van der Waals surface area contributed by atoms with Crippen molar-refractivity contribution in [2.45, 2.75) is 31.2 Å². The third-order valence-corrected chi connectivity index (χ3v) is 7.25. The molecule has 11 heteroatoms.